The van der Waals surface area contributed by atoms with E-state index < -0.39 is 34.9 Å². The van der Waals surface area contributed by atoms with Gasteiger partial charge in [0.1, 0.15) is 23.3 Å². The second-order valence-corrected chi connectivity index (χ2v) is 6.14. The molecule has 0 amide bonds. The third kappa shape index (κ3) is 3.70. The van der Waals surface area contributed by atoms with Gasteiger partial charge in [-0.25, -0.2) is 17.6 Å². The normalized spacial score (nSPS) is 11.1. The van der Waals surface area contributed by atoms with E-state index in [1.54, 1.807) is 0 Å². The Hall–Kier alpha value is -2.76. The molecular formula is C21H14F6. The van der Waals surface area contributed by atoms with Gasteiger partial charge in [0.2, 0.25) is 0 Å². The molecule has 0 heterocycles. The fraction of sp³-hybridized carbons (Fsp3) is 0.143. The average molecular weight is 380 g/mol. The topological polar surface area (TPSA) is 0 Å². The zero-order valence-corrected chi connectivity index (χ0v) is 14.2. The van der Waals surface area contributed by atoms with E-state index in [-0.39, 0.29) is 28.0 Å². The second kappa shape index (κ2) is 7.47. The standard InChI is InChI=1S/C21H14F6/c1-2-3-11-6-17(23)20(18(24)7-11)12-4-5-14-13(8-12)9-16(22)15(21(14)27)10-19(25)26/h4-10H,2-3H2,1H3. The van der Waals surface area contributed by atoms with E-state index in [0.717, 1.165) is 12.5 Å². The van der Waals surface area contributed by atoms with Gasteiger partial charge in [-0.1, -0.05) is 25.5 Å². The maximum atomic E-state index is 14.4. The summed E-state index contributed by atoms with van der Waals surface area (Å²) in [7, 11) is 0. The average Bonchev–Trinajstić information content (AvgIpc) is 2.58. The summed E-state index contributed by atoms with van der Waals surface area (Å²) in [4.78, 5) is 0. The molecule has 140 valence electrons. The Morgan fingerprint density at radius 3 is 2.15 bits per heavy atom. The van der Waals surface area contributed by atoms with Crippen molar-refractivity contribution in [1.29, 1.82) is 0 Å². The number of aryl methyl sites for hydroxylation is 1. The lowest BCUT2D eigenvalue weighted by molar-refractivity contribution is 0.428. The van der Waals surface area contributed by atoms with Crippen LogP contribution in [0.15, 0.2) is 42.5 Å². The van der Waals surface area contributed by atoms with Crippen LogP contribution >= 0.6 is 0 Å². The summed E-state index contributed by atoms with van der Waals surface area (Å²) in [6, 6.07) is 6.99. The lowest BCUT2D eigenvalue weighted by Crippen LogP contribution is -1.96. The molecule has 0 aliphatic rings. The van der Waals surface area contributed by atoms with E-state index in [0.29, 0.717) is 12.0 Å². The highest BCUT2D eigenvalue weighted by Gasteiger charge is 2.17. The van der Waals surface area contributed by atoms with Crippen LogP contribution in [0.5, 0.6) is 0 Å². The highest BCUT2D eigenvalue weighted by atomic mass is 19.3. The monoisotopic (exact) mass is 380 g/mol. The van der Waals surface area contributed by atoms with Crippen molar-refractivity contribution in [3.8, 4) is 11.1 Å². The predicted octanol–water partition coefficient (Wildman–Crippen LogP) is 7.25. The van der Waals surface area contributed by atoms with Crippen LogP contribution in [-0.4, -0.2) is 0 Å². The highest BCUT2D eigenvalue weighted by molar-refractivity contribution is 5.90. The van der Waals surface area contributed by atoms with Gasteiger partial charge >= 0.3 is 0 Å². The van der Waals surface area contributed by atoms with Gasteiger partial charge in [0.15, 0.2) is 0 Å². The largest absolute Gasteiger partial charge is 0.271 e. The van der Waals surface area contributed by atoms with Gasteiger partial charge in [-0.05, 0) is 47.2 Å². The number of hydrogen-bond donors (Lipinski definition) is 0. The Morgan fingerprint density at radius 1 is 0.889 bits per heavy atom. The molecule has 0 spiro atoms. The Morgan fingerprint density at radius 2 is 1.56 bits per heavy atom. The molecule has 0 aliphatic carbocycles. The lowest BCUT2D eigenvalue weighted by Gasteiger charge is -2.11. The minimum absolute atomic E-state index is 0.00958. The third-order valence-corrected chi connectivity index (χ3v) is 4.25. The molecule has 3 aromatic rings. The molecule has 0 unspecified atom stereocenters. The molecule has 0 atom stereocenters. The molecule has 6 heteroatoms. The molecule has 0 aromatic heterocycles. The third-order valence-electron chi connectivity index (χ3n) is 4.25. The number of hydrogen-bond acceptors (Lipinski definition) is 0. The first-order chi connectivity index (χ1) is 12.8. The van der Waals surface area contributed by atoms with Crippen molar-refractivity contribution in [2.45, 2.75) is 19.8 Å². The van der Waals surface area contributed by atoms with Crippen molar-refractivity contribution < 1.29 is 26.3 Å². The van der Waals surface area contributed by atoms with E-state index in [1.807, 2.05) is 6.92 Å². The van der Waals surface area contributed by atoms with Crippen molar-refractivity contribution in [1.82, 2.24) is 0 Å². The molecule has 0 N–H and O–H groups in total. The summed E-state index contributed by atoms with van der Waals surface area (Å²) in [6.45, 7) is 1.88. The van der Waals surface area contributed by atoms with Gasteiger partial charge < -0.3 is 0 Å². The van der Waals surface area contributed by atoms with Crippen molar-refractivity contribution in [3.63, 3.8) is 0 Å². The molecule has 27 heavy (non-hydrogen) atoms. The van der Waals surface area contributed by atoms with E-state index in [9.17, 15) is 26.3 Å². The van der Waals surface area contributed by atoms with Gasteiger partial charge in [-0.15, -0.1) is 0 Å². The van der Waals surface area contributed by atoms with E-state index in [4.69, 9.17) is 0 Å². The highest BCUT2D eigenvalue weighted by Crippen LogP contribution is 2.33. The van der Waals surface area contributed by atoms with Gasteiger partial charge in [-0.2, -0.15) is 8.78 Å². The molecule has 3 rings (SSSR count). The van der Waals surface area contributed by atoms with E-state index >= 15 is 0 Å². The van der Waals surface area contributed by atoms with Crippen LogP contribution in [0.4, 0.5) is 26.3 Å². The fourth-order valence-electron chi connectivity index (χ4n) is 3.08. The molecule has 0 saturated heterocycles. The van der Waals surface area contributed by atoms with Crippen LogP contribution in [0.25, 0.3) is 28.0 Å². The van der Waals surface area contributed by atoms with Gasteiger partial charge in [0, 0.05) is 11.5 Å². The molecule has 0 fully saturated rings. The number of halogens is 6. The molecule has 3 aromatic carbocycles. The summed E-state index contributed by atoms with van der Waals surface area (Å²) >= 11 is 0. The Balaban J connectivity index is 2.17. The minimum Gasteiger partial charge on any atom is -0.206 e. The van der Waals surface area contributed by atoms with Crippen LogP contribution in [0, 0.1) is 23.3 Å². The Labute approximate surface area is 151 Å². The van der Waals surface area contributed by atoms with Crippen molar-refractivity contribution in [2.24, 2.45) is 0 Å². The maximum Gasteiger partial charge on any atom is 0.271 e. The first-order valence-electron chi connectivity index (χ1n) is 8.24. The smallest absolute Gasteiger partial charge is 0.206 e. The Bertz CT molecular complexity index is 1030. The summed E-state index contributed by atoms with van der Waals surface area (Å²) in [5.41, 5.74) is -0.564. The summed E-state index contributed by atoms with van der Waals surface area (Å²) < 4.78 is 81.9. The van der Waals surface area contributed by atoms with Crippen LogP contribution < -0.4 is 0 Å². The summed E-state index contributed by atoms with van der Waals surface area (Å²) in [5, 5.41) is -0.119. The van der Waals surface area contributed by atoms with Crippen LogP contribution in [0.1, 0.15) is 24.5 Å². The van der Waals surface area contributed by atoms with Crippen molar-refractivity contribution in [2.75, 3.05) is 0 Å². The Kier molecular flexibility index (Phi) is 5.26. The van der Waals surface area contributed by atoms with Crippen molar-refractivity contribution >= 4 is 16.8 Å². The molecule has 0 saturated carbocycles. The number of fused-ring (bicyclic) bond motifs is 1. The number of benzene rings is 3. The second-order valence-electron chi connectivity index (χ2n) is 6.14. The molecular weight excluding hydrogens is 366 g/mol. The van der Waals surface area contributed by atoms with Gasteiger partial charge in [0.05, 0.1) is 11.1 Å². The predicted molar refractivity (Wildman–Crippen MR) is 93.4 cm³/mol. The molecule has 0 nitrogen and oxygen atoms in total. The summed E-state index contributed by atoms with van der Waals surface area (Å²) in [6.07, 6.45) is -0.892. The quantitative estimate of drug-likeness (QED) is 0.418. The van der Waals surface area contributed by atoms with Gasteiger partial charge in [0.25, 0.3) is 6.08 Å². The molecule has 0 bridgehead atoms. The minimum atomic E-state index is -2.24. The van der Waals surface area contributed by atoms with E-state index in [2.05, 4.69) is 0 Å². The van der Waals surface area contributed by atoms with Crippen LogP contribution in [-0.2, 0) is 6.42 Å². The zero-order valence-electron chi connectivity index (χ0n) is 14.2. The van der Waals surface area contributed by atoms with Crippen molar-refractivity contribution in [3.05, 3.63) is 76.9 Å². The first kappa shape index (κ1) is 19.0. The first-order valence-corrected chi connectivity index (χ1v) is 8.24. The molecule has 0 aliphatic heterocycles. The molecule has 0 radical (unpaired) electrons. The van der Waals surface area contributed by atoms with Crippen LogP contribution in [0.3, 0.4) is 0 Å². The fourth-order valence-corrected chi connectivity index (χ4v) is 3.08. The lowest BCUT2D eigenvalue weighted by atomic mass is 9.97. The maximum absolute atomic E-state index is 14.4. The number of rotatable bonds is 4. The van der Waals surface area contributed by atoms with Gasteiger partial charge in [-0.3, -0.25) is 0 Å². The van der Waals surface area contributed by atoms with Crippen LogP contribution in [0.2, 0.25) is 0 Å². The SMILES string of the molecule is CCCc1cc(F)c(-c2ccc3c(F)c(C=C(F)F)c(F)cc3c2)c(F)c1. The van der Waals surface area contributed by atoms with E-state index in [1.165, 1.54) is 30.3 Å². The summed E-state index contributed by atoms with van der Waals surface area (Å²) in [5.74, 6) is -3.91. The zero-order chi connectivity index (χ0) is 19.7.